The molecule has 1 heterocycles. The van der Waals surface area contributed by atoms with E-state index in [0.717, 1.165) is 57.8 Å². The first kappa shape index (κ1) is 35.5. The van der Waals surface area contributed by atoms with E-state index in [2.05, 4.69) is 69.4 Å². The van der Waals surface area contributed by atoms with Gasteiger partial charge in [-0.1, -0.05) is 72.3 Å². The Labute approximate surface area is 261 Å². The van der Waals surface area contributed by atoms with Gasteiger partial charge in [0.15, 0.2) is 5.78 Å². The molecule has 1 saturated heterocycles. The zero-order valence-corrected chi connectivity index (χ0v) is 28.3. The predicted molar refractivity (Wildman–Crippen MR) is 176 cm³/mol. The van der Waals surface area contributed by atoms with Crippen molar-refractivity contribution in [3.8, 4) is 0 Å². The lowest BCUT2D eigenvalue weighted by Gasteiger charge is -2.48. The first-order valence-electron chi connectivity index (χ1n) is 17.2. The van der Waals surface area contributed by atoms with E-state index >= 15 is 0 Å². The summed E-state index contributed by atoms with van der Waals surface area (Å²) in [7, 11) is 0. The van der Waals surface area contributed by atoms with Crippen molar-refractivity contribution in [2.75, 3.05) is 6.54 Å². The number of carbonyl (C=O) groups is 3. The summed E-state index contributed by atoms with van der Waals surface area (Å²) in [6.07, 6.45) is 13.0. The lowest BCUT2D eigenvalue weighted by atomic mass is 9.66. The van der Waals surface area contributed by atoms with Crippen LogP contribution >= 0.6 is 0 Å². The number of nitrogens with two attached hydrogens (primary N) is 1. The molecule has 3 fully saturated rings. The second kappa shape index (κ2) is 14.9. The largest absolute Gasteiger partial charge is 0.352 e. The summed E-state index contributed by atoms with van der Waals surface area (Å²) in [6.45, 7) is 20.0. The van der Waals surface area contributed by atoms with Crippen LogP contribution in [0.15, 0.2) is 12.7 Å². The van der Waals surface area contributed by atoms with Crippen LogP contribution < -0.4 is 27.0 Å². The Kier molecular flexibility index (Phi) is 12.3. The molecule has 0 spiro atoms. The third-order valence-electron chi connectivity index (χ3n) is 11.4. The lowest BCUT2D eigenvalue weighted by Crippen LogP contribution is -2.66. The number of hydrogen-bond acceptors (Lipinski definition) is 5. The van der Waals surface area contributed by atoms with Crippen LogP contribution in [0.1, 0.15) is 126 Å². The zero-order valence-electron chi connectivity index (χ0n) is 28.3. The molecule has 3 unspecified atom stereocenters. The highest BCUT2D eigenvalue weighted by atomic mass is 16.2. The van der Waals surface area contributed by atoms with Crippen molar-refractivity contribution in [3.05, 3.63) is 12.7 Å². The third-order valence-corrected chi connectivity index (χ3v) is 11.4. The Balaban J connectivity index is 1.95. The van der Waals surface area contributed by atoms with Gasteiger partial charge in [-0.25, -0.2) is 4.79 Å². The molecule has 0 radical (unpaired) electrons. The number of hydrogen-bond donors (Lipinski definition) is 5. The van der Waals surface area contributed by atoms with E-state index in [9.17, 15) is 14.4 Å². The molecule has 2 bridgehead atoms. The molecule has 3 aliphatic rings. The molecule has 2 saturated carbocycles. The second-order valence-corrected chi connectivity index (χ2v) is 15.4. The van der Waals surface area contributed by atoms with E-state index in [4.69, 9.17) is 5.73 Å². The molecule has 2 aliphatic carbocycles. The Bertz CT molecular complexity index is 971. The van der Waals surface area contributed by atoms with E-state index in [1.54, 1.807) is 0 Å². The number of fused-ring (bicyclic) bond motifs is 2. The van der Waals surface area contributed by atoms with Gasteiger partial charge in [0.25, 0.3) is 0 Å². The van der Waals surface area contributed by atoms with Crippen LogP contribution in [0.3, 0.4) is 0 Å². The summed E-state index contributed by atoms with van der Waals surface area (Å²) in [5.74, 6) is 1.50. The smallest absolute Gasteiger partial charge is 0.312 e. The first-order valence-corrected chi connectivity index (χ1v) is 17.2. The molecule has 1 aliphatic heterocycles. The SMILES string of the molecule is C=CC1NC2(C(=O)[C@H](CCCNC(N)=O)NC(=O)[C@H](C)C3(NC(C)(C)C)CCCCC3)CCCCC(C2)[C@H](C)[C@H](C)[C@H]1C. The number of Topliss-reactive ketones (excluding diaryl/α,β-unsaturated/α-hetero) is 1. The Hall–Kier alpha value is -1.93. The van der Waals surface area contributed by atoms with Gasteiger partial charge in [-0.3, -0.25) is 14.9 Å². The van der Waals surface area contributed by atoms with Gasteiger partial charge in [0, 0.05) is 23.7 Å². The summed E-state index contributed by atoms with van der Waals surface area (Å²) >= 11 is 0. The molecule has 8 nitrogen and oxygen atoms in total. The van der Waals surface area contributed by atoms with Gasteiger partial charge in [-0.05, 0) is 83.0 Å². The van der Waals surface area contributed by atoms with Gasteiger partial charge in [0.2, 0.25) is 5.91 Å². The maximum atomic E-state index is 14.9. The van der Waals surface area contributed by atoms with Crippen LogP contribution in [-0.4, -0.2) is 53.0 Å². The highest BCUT2D eigenvalue weighted by Crippen LogP contribution is 2.44. The van der Waals surface area contributed by atoms with Gasteiger partial charge >= 0.3 is 6.03 Å². The van der Waals surface area contributed by atoms with Crippen LogP contribution in [0.2, 0.25) is 0 Å². The molecular formula is C35H63N5O3. The quantitative estimate of drug-likeness (QED) is 0.156. The van der Waals surface area contributed by atoms with Crippen molar-refractivity contribution in [3.63, 3.8) is 0 Å². The van der Waals surface area contributed by atoms with Crippen LogP contribution in [0.5, 0.6) is 0 Å². The summed E-state index contributed by atoms with van der Waals surface area (Å²) in [5.41, 5.74) is 4.15. The molecule has 3 amide bonds. The summed E-state index contributed by atoms with van der Waals surface area (Å²) in [6, 6.07) is -1.22. The van der Waals surface area contributed by atoms with Gasteiger partial charge < -0.3 is 21.7 Å². The minimum absolute atomic E-state index is 0.00810. The van der Waals surface area contributed by atoms with Crippen molar-refractivity contribution in [1.82, 2.24) is 21.3 Å². The van der Waals surface area contributed by atoms with Crippen LogP contribution in [0.4, 0.5) is 4.79 Å². The van der Waals surface area contributed by atoms with Gasteiger partial charge in [-0.2, -0.15) is 0 Å². The highest BCUT2D eigenvalue weighted by molar-refractivity contribution is 5.96. The minimum Gasteiger partial charge on any atom is -0.352 e. The van der Waals surface area contributed by atoms with E-state index in [0.29, 0.717) is 43.1 Å². The van der Waals surface area contributed by atoms with Crippen molar-refractivity contribution in [2.24, 2.45) is 35.3 Å². The number of primary amides is 1. The topological polar surface area (TPSA) is 125 Å². The molecule has 43 heavy (non-hydrogen) atoms. The number of carbonyl (C=O) groups excluding carboxylic acids is 3. The molecular weight excluding hydrogens is 538 g/mol. The standard InChI is InChI=1S/C35H63N5O3/c1-9-28-25(4)23(2)24(3)27-16-11-14-20-35(22-27,39-28)30(41)29(17-15-21-37-32(36)43)38-31(42)26(5)34(40-33(6,7)8)18-12-10-13-19-34/h9,23-29,39-40H,1,10-22H2,2-8H3,(H,38,42)(H3,36,37,43)/t23-,24+,25+,26-,27?,28?,29-,35?/m0/s1. The number of urea groups is 1. The maximum Gasteiger partial charge on any atom is 0.312 e. The number of ketones is 1. The van der Waals surface area contributed by atoms with Gasteiger partial charge in [-0.15, -0.1) is 6.58 Å². The lowest BCUT2D eigenvalue weighted by molar-refractivity contribution is -0.136. The van der Waals surface area contributed by atoms with Gasteiger partial charge in [0.05, 0.1) is 17.5 Å². The molecule has 8 heteroatoms. The van der Waals surface area contributed by atoms with E-state index < -0.39 is 17.6 Å². The maximum absolute atomic E-state index is 14.9. The van der Waals surface area contributed by atoms with Crippen molar-refractivity contribution >= 4 is 17.7 Å². The molecule has 0 aromatic carbocycles. The summed E-state index contributed by atoms with van der Waals surface area (Å²) in [4.78, 5) is 40.5. The normalized spacial score (nSPS) is 32.7. The fourth-order valence-corrected chi connectivity index (χ4v) is 8.58. The van der Waals surface area contributed by atoms with Crippen molar-refractivity contribution in [1.29, 1.82) is 0 Å². The van der Waals surface area contributed by atoms with Crippen LogP contribution in [0.25, 0.3) is 0 Å². The molecule has 0 aromatic heterocycles. The Morgan fingerprint density at radius 2 is 1.65 bits per heavy atom. The fourth-order valence-electron chi connectivity index (χ4n) is 8.58. The summed E-state index contributed by atoms with van der Waals surface area (Å²) in [5, 5.41) is 13.6. The zero-order chi connectivity index (χ0) is 32.0. The molecule has 0 aromatic rings. The minimum atomic E-state index is -0.729. The predicted octanol–water partition coefficient (Wildman–Crippen LogP) is 5.60. The Morgan fingerprint density at radius 1 is 1.00 bits per heavy atom. The first-order chi connectivity index (χ1) is 20.1. The van der Waals surface area contributed by atoms with E-state index in [1.807, 2.05) is 13.0 Å². The third kappa shape index (κ3) is 8.84. The number of amides is 3. The van der Waals surface area contributed by atoms with Crippen LogP contribution in [0, 0.1) is 29.6 Å². The number of nitrogens with one attached hydrogen (secondary N) is 4. The molecule has 6 N–H and O–H groups in total. The monoisotopic (exact) mass is 601 g/mol. The van der Waals surface area contributed by atoms with Crippen molar-refractivity contribution in [2.45, 2.75) is 154 Å². The second-order valence-electron chi connectivity index (χ2n) is 15.4. The molecule has 3 rings (SSSR count). The van der Waals surface area contributed by atoms with Crippen molar-refractivity contribution < 1.29 is 14.4 Å². The molecule has 8 atom stereocenters. The van der Waals surface area contributed by atoms with E-state index in [-0.39, 0.29) is 34.7 Å². The molecule has 246 valence electrons. The van der Waals surface area contributed by atoms with E-state index in [1.165, 1.54) is 6.42 Å². The van der Waals surface area contributed by atoms with Crippen LogP contribution in [-0.2, 0) is 9.59 Å². The summed E-state index contributed by atoms with van der Waals surface area (Å²) < 4.78 is 0. The average Bonchev–Trinajstić information content (AvgIpc) is 3.18. The fraction of sp³-hybridized carbons (Fsp3) is 0.857. The van der Waals surface area contributed by atoms with Gasteiger partial charge in [0.1, 0.15) is 0 Å². The highest BCUT2D eigenvalue weighted by Gasteiger charge is 2.50. The Morgan fingerprint density at radius 3 is 2.26 bits per heavy atom. The number of rotatable bonds is 11. The average molecular weight is 602 g/mol.